The van der Waals surface area contributed by atoms with Gasteiger partial charge in [0.2, 0.25) is 0 Å². The minimum absolute atomic E-state index is 0.00184. The fraction of sp³-hybridized carbons (Fsp3) is 0.500. The Kier molecular flexibility index (Phi) is 3.95. The number of hydrogen-bond donors (Lipinski definition) is 0. The van der Waals surface area contributed by atoms with E-state index in [1.807, 2.05) is 13.8 Å². The third kappa shape index (κ3) is 3.11. The Morgan fingerprint density at radius 1 is 1.32 bits per heavy atom. The van der Waals surface area contributed by atoms with Gasteiger partial charge in [0.1, 0.15) is 23.2 Å². The van der Waals surface area contributed by atoms with Crippen molar-refractivity contribution in [3.8, 4) is 6.01 Å². The van der Waals surface area contributed by atoms with Gasteiger partial charge in [0.25, 0.3) is 5.91 Å². The van der Waals surface area contributed by atoms with Gasteiger partial charge in [-0.3, -0.25) is 4.79 Å². The zero-order chi connectivity index (χ0) is 17.4. The summed E-state index contributed by atoms with van der Waals surface area (Å²) in [5.41, 5.74) is 0.314. The second-order valence-electron chi connectivity index (χ2n) is 6.78. The Hall–Kier alpha value is -2.41. The second-order valence-corrected chi connectivity index (χ2v) is 6.78. The highest BCUT2D eigenvalue weighted by molar-refractivity contribution is 5.96. The number of aryl methyl sites for hydroxylation is 2. The van der Waals surface area contributed by atoms with Crippen LogP contribution in [0.1, 0.15) is 34.7 Å². The number of ether oxygens (including phenoxy) is 2. The molecule has 2 aromatic rings. The molecule has 0 radical (unpaired) electrons. The van der Waals surface area contributed by atoms with Crippen LogP contribution in [0.5, 0.6) is 6.01 Å². The fourth-order valence-corrected chi connectivity index (χ4v) is 3.61. The smallest absolute Gasteiger partial charge is 0.316 e. The van der Waals surface area contributed by atoms with Gasteiger partial charge >= 0.3 is 6.01 Å². The molecule has 1 amide bonds. The van der Waals surface area contributed by atoms with E-state index in [1.165, 1.54) is 0 Å². The summed E-state index contributed by atoms with van der Waals surface area (Å²) in [6, 6.07) is 3.94. The predicted molar refractivity (Wildman–Crippen MR) is 88.5 cm³/mol. The topological polar surface area (TPSA) is 77.7 Å². The van der Waals surface area contributed by atoms with E-state index in [2.05, 4.69) is 9.97 Å². The monoisotopic (exact) mass is 343 g/mol. The summed E-state index contributed by atoms with van der Waals surface area (Å²) in [6.07, 6.45) is 4.87. The Labute approximate surface area is 146 Å². The van der Waals surface area contributed by atoms with Crippen molar-refractivity contribution in [1.82, 2.24) is 14.9 Å². The van der Waals surface area contributed by atoms with Crippen molar-refractivity contribution in [2.75, 3.05) is 19.7 Å². The van der Waals surface area contributed by atoms with E-state index in [1.54, 1.807) is 29.4 Å². The van der Waals surface area contributed by atoms with Crippen LogP contribution in [-0.2, 0) is 4.74 Å². The van der Waals surface area contributed by atoms with E-state index < -0.39 is 0 Å². The van der Waals surface area contributed by atoms with Gasteiger partial charge in [-0.25, -0.2) is 9.97 Å². The van der Waals surface area contributed by atoms with E-state index in [0.29, 0.717) is 37.0 Å². The molecule has 0 N–H and O–H groups in total. The van der Waals surface area contributed by atoms with Crippen molar-refractivity contribution in [3.05, 3.63) is 41.6 Å². The number of hydrogen-bond acceptors (Lipinski definition) is 6. The maximum absolute atomic E-state index is 12.6. The van der Waals surface area contributed by atoms with Crippen LogP contribution in [0, 0.1) is 13.8 Å². The van der Waals surface area contributed by atoms with Gasteiger partial charge in [-0.05, 0) is 26.0 Å². The Balaban J connectivity index is 1.38. The number of furan rings is 1. The second kappa shape index (κ2) is 6.15. The Bertz CT molecular complexity index is 768. The molecule has 1 atom stereocenters. The predicted octanol–water partition coefficient (Wildman–Crippen LogP) is 2.14. The summed E-state index contributed by atoms with van der Waals surface area (Å²) in [7, 11) is 0. The van der Waals surface area contributed by atoms with Gasteiger partial charge in [0.15, 0.2) is 0 Å². The molecule has 0 aliphatic carbocycles. The van der Waals surface area contributed by atoms with Crippen LogP contribution < -0.4 is 4.74 Å². The van der Waals surface area contributed by atoms with E-state index >= 15 is 0 Å². The van der Waals surface area contributed by atoms with Gasteiger partial charge in [-0.2, -0.15) is 0 Å². The van der Waals surface area contributed by atoms with Crippen molar-refractivity contribution in [2.24, 2.45) is 0 Å². The quantitative estimate of drug-likeness (QED) is 0.850. The van der Waals surface area contributed by atoms with E-state index in [9.17, 15) is 4.79 Å². The lowest BCUT2D eigenvalue weighted by molar-refractivity contribution is -0.174. The maximum Gasteiger partial charge on any atom is 0.316 e. The third-order valence-electron chi connectivity index (χ3n) is 4.78. The lowest BCUT2D eigenvalue weighted by Gasteiger charge is -2.52. The largest absolute Gasteiger partial charge is 0.466 e. The standard InChI is InChI=1S/C18H21N3O4/c1-12-8-15(13(2)24-12)16(22)21-10-18(11-21)9-14(4-7-23-18)25-17-19-5-3-6-20-17/h3,5-6,8,14H,4,7,9-11H2,1-2H3/t14-/m0/s1. The first-order valence-electron chi connectivity index (χ1n) is 8.49. The molecule has 7 nitrogen and oxygen atoms in total. The molecular formula is C18H21N3O4. The molecule has 0 unspecified atom stereocenters. The number of likely N-dealkylation sites (tertiary alicyclic amines) is 1. The minimum atomic E-state index is -0.319. The Morgan fingerprint density at radius 2 is 2.08 bits per heavy atom. The molecule has 2 aliphatic heterocycles. The lowest BCUT2D eigenvalue weighted by atomic mass is 9.84. The van der Waals surface area contributed by atoms with E-state index in [0.717, 1.165) is 18.6 Å². The van der Waals surface area contributed by atoms with Gasteiger partial charge in [0, 0.05) is 25.2 Å². The first-order chi connectivity index (χ1) is 12.0. The highest BCUT2D eigenvalue weighted by Crippen LogP contribution is 2.36. The summed E-state index contributed by atoms with van der Waals surface area (Å²) in [4.78, 5) is 22.6. The maximum atomic E-state index is 12.6. The average Bonchev–Trinajstić information content (AvgIpc) is 2.91. The summed E-state index contributed by atoms with van der Waals surface area (Å²) < 4.78 is 17.3. The zero-order valence-electron chi connectivity index (χ0n) is 14.4. The highest BCUT2D eigenvalue weighted by Gasteiger charge is 2.50. The van der Waals surface area contributed by atoms with Crippen molar-refractivity contribution in [3.63, 3.8) is 0 Å². The first kappa shape index (κ1) is 16.1. The first-order valence-corrected chi connectivity index (χ1v) is 8.49. The molecule has 0 aromatic carbocycles. The van der Waals surface area contributed by atoms with Crippen LogP contribution >= 0.6 is 0 Å². The van der Waals surface area contributed by atoms with Crippen molar-refractivity contribution < 1.29 is 18.7 Å². The van der Waals surface area contributed by atoms with Gasteiger partial charge in [0.05, 0.1) is 25.3 Å². The third-order valence-corrected chi connectivity index (χ3v) is 4.78. The van der Waals surface area contributed by atoms with E-state index in [4.69, 9.17) is 13.9 Å². The zero-order valence-corrected chi connectivity index (χ0v) is 14.4. The molecular weight excluding hydrogens is 322 g/mol. The SMILES string of the molecule is Cc1cc(C(=O)N2CC3(C[C@@H](Oc4ncccn4)CCO3)C2)c(C)o1. The number of rotatable bonds is 3. The van der Waals surface area contributed by atoms with Crippen LogP contribution in [0.25, 0.3) is 0 Å². The molecule has 2 fully saturated rings. The molecule has 0 saturated carbocycles. The van der Waals surface area contributed by atoms with Crippen LogP contribution in [0.2, 0.25) is 0 Å². The molecule has 2 aromatic heterocycles. The lowest BCUT2D eigenvalue weighted by Crippen LogP contribution is -2.67. The number of nitrogens with zero attached hydrogens (tertiary/aromatic N) is 3. The molecule has 0 bridgehead atoms. The summed E-state index contributed by atoms with van der Waals surface area (Å²) in [6.45, 7) is 5.43. The van der Waals surface area contributed by atoms with Crippen molar-refractivity contribution in [2.45, 2.75) is 38.4 Å². The normalized spacial score (nSPS) is 21.8. The molecule has 1 spiro atoms. The van der Waals surface area contributed by atoms with Crippen molar-refractivity contribution in [1.29, 1.82) is 0 Å². The molecule has 4 heterocycles. The molecule has 132 valence electrons. The van der Waals surface area contributed by atoms with Crippen LogP contribution in [0.4, 0.5) is 0 Å². The van der Waals surface area contributed by atoms with Crippen LogP contribution in [-0.4, -0.2) is 52.2 Å². The molecule has 7 heteroatoms. The minimum Gasteiger partial charge on any atom is -0.466 e. The number of amides is 1. The highest BCUT2D eigenvalue weighted by atomic mass is 16.5. The number of carbonyl (C=O) groups excluding carboxylic acids is 1. The molecule has 25 heavy (non-hydrogen) atoms. The van der Waals surface area contributed by atoms with Gasteiger partial charge in [-0.15, -0.1) is 0 Å². The number of aromatic nitrogens is 2. The average molecular weight is 343 g/mol. The molecule has 4 rings (SSSR count). The van der Waals surface area contributed by atoms with Crippen LogP contribution in [0.15, 0.2) is 28.9 Å². The summed E-state index contributed by atoms with van der Waals surface area (Å²) >= 11 is 0. The number of carbonyl (C=O) groups is 1. The van der Waals surface area contributed by atoms with Crippen LogP contribution in [0.3, 0.4) is 0 Å². The summed E-state index contributed by atoms with van der Waals surface area (Å²) in [5.74, 6) is 1.41. The molecule has 2 aliphatic rings. The molecule has 2 saturated heterocycles. The fourth-order valence-electron chi connectivity index (χ4n) is 3.61. The van der Waals surface area contributed by atoms with Gasteiger partial charge < -0.3 is 18.8 Å². The Morgan fingerprint density at radius 3 is 2.76 bits per heavy atom. The summed E-state index contributed by atoms with van der Waals surface area (Å²) in [5, 5.41) is 0. The van der Waals surface area contributed by atoms with Gasteiger partial charge in [-0.1, -0.05) is 0 Å². The van der Waals surface area contributed by atoms with Crippen molar-refractivity contribution >= 4 is 5.91 Å². The van der Waals surface area contributed by atoms with E-state index in [-0.39, 0.29) is 17.6 Å².